The van der Waals surface area contributed by atoms with Crippen molar-refractivity contribution in [1.82, 2.24) is 0 Å². The molecule has 0 bridgehead atoms. The largest absolute Gasteiger partial charge is 0.278 e. The molecule has 0 atom stereocenters. The lowest BCUT2D eigenvalue weighted by molar-refractivity contribution is -0.457. The smallest absolute Gasteiger partial charge is 0.247 e. The highest BCUT2D eigenvalue weighted by Gasteiger charge is 2.12. The molecule has 1 aromatic carbocycles. The van der Waals surface area contributed by atoms with Crippen molar-refractivity contribution in [3.05, 3.63) is 30.1 Å². The Labute approximate surface area is 89.2 Å². The summed E-state index contributed by atoms with van der Waals surface area (Å²) in [6.45, 7) is 0.983. The molecule has 1 aliphatic heterocycles. The van der Waals surface area contributed by atoms with Crippen LogP contribution in [0.1, 0.15) is 25.7 Å². The van der Waals surface area contributed by atoms with Crippen LogP contribution in [0.5, 0.6) is 0 Å². The summed E-state index contributed by atoms with van der Waals surface area (Å²) in [6.07, 6.45) is 4.59. The van der Waals surface area contributed by atoms with E-state index >= 15 is 0 Å². The van der Waals surface area contributed by atoms with Gasteiger partial charge in [-0.15, -0.1) is 0 Å². The van der Waals surface area contributed by atoms with Gasteiger partial charge in [0, 0.05) is 6.42 Å². The molecule has 0 radical (unpaired) electrons. The zero-order valence-electron chi connectivity index (χ0n) is 8.72. The maximum atomic E-state index is 13.3. The third kappa shape index (κ3) is 2.78. The number of nitrogens with one attached hydrogen (secondary N) is 2. The minimum Gasteiger partial charge on any atom is -0.278 e. The molecule has 15 heavy (non-hydrogen) atoms. The Balaban J connectivity index is 2.07. The zero-order chi connectivity index (χ0) is 10.5. The van der Waals surface area contributed by atoms with E-state index in [2.05, 4.69) is 10.3 Å². The third-order valence-electron chi connectivity index (χ3n) is 2.60. The Morgan fingerprint density at radius 1 is 1.13 bits per heavy atom. The standard InChI is InChI=1S/C12H15FN2/c13-10-6-3-4-7-11(10)15-12-8-2-1-5-9-14-12/h3-4,6-7H,1-2,5,8-9H2,(H,14,15)/p+1. The van der Waals surface area contributed by atoms with E-state index in [1.807, 2.05) is 6.07 Å². The Hall–Kier alpha value is -1.38. The summed E-state index contributed by atoms with van der Waals surface area (Å²) >= 11 is 0. The van der Waals surface area contributed by atoms with Gasteiger partial charge in [-0.05, 0) is 31.4 Å². The second kappa shape index (κ2) is 4.91. The first-order chi connectivity index (χ1) is 7.36. The monoisotopic (exact) mass is 207 g/mol. The van der Waals surface area contributed by atoms with Gasteiger partial charge in [0.05, 0.1) is 6.54 Å². The Bertz CT molecular complexity index is 360. The van der Waals surface area contributed by atoms with Crippen LogP contribution in [0.2, 0.25) is 0 Å². The molecule has 1 aliphatic rings. The van der Waals surface area contributed by atoms with Gasteiger partial charge in [0.15, 0.2) is 11.5 Å². The van der Waals surface area contributed by atoms with Crippen LogP contribution in [-0.2, 0) is 0 Å². The highest BCUT2D eigenvalue weighted by atomic mass is 19.1. The predicted molar refractivity (Wildman–Crippen MR) is 59.3 cm³/mol. The van der Waals surface area contributed by atoms with Crippen LogP contribution in [0.25, 0.3) is 0 Å². The summed E-state index contributed by atoms with van der Waals surface area (Å²) in [5, 5.41) is 3.12. The first-order valence-electron chi connectivity index (χ1n) is 5.47. The van der Waals surface area contributed by atoms with E-state index < -0.39 is 0 Å². The molecule has 2 rings (SSSR count). The molecule has 0 fully saturated rings. The number of halogens is 1. The fraction of sp³-hybridized carbons (Fsp3) is 0.417. The number of hydrogen-bond donors (Lipinski definition) is 2. The number of hydrogen-bond acceptors (Lipinski definition) is 1. The Kier molecular flexibility index (Phi) is 3.33. The first-order valence-corrected chi connectivity index (χ1v) is 5.47. The summed E-state index contributed by atoms with van der Waals surface area (Å²) in [4.78, 5) is 3.30. The number of rotatable bonds is 1. The van der Waals surface area contributed by atoms with Crippen LogP contribution in [-0.4, -0.2) is 12.4 Å². The molecule has 0 amide bonds. The molecule has 2 N–H and O–H groups in total. The maximum absolute atomic E-state index is 13.3. The van der Waals surface area contributed by atoms with E-state index in [9.17, 15) is 4.39 Å². The van der Waals surface area contributed by atoms with E-state index in [0.717, 1.165) is 18.8 Å². The average Bonchev–Trinajstić information content (AvgIpc) is 2.50. The Morgan fingerprint density at radius 3 is 2.87 bits per heavy atom. The van der Waals surface area contributed by atoms with E-state index in [4.69, 9.17) is 0 Å². The molecule has 0 saturated carbocycles. The van der Waals surface area contributed by atoms with Gasteiger partial charge in [-0.3, -0.25) is 4.99 Å². The van der Waals surface area contributed by atoms with Gasteiger partial charge in [0.25, 0.3) is 0 Å². The van der Waals surface area contributed by atoms with Crippen LogP contribution in [0, 0.1) is 5.82 Å². The van der Waals surface area contributed by atoms with Gasteiger partial charge in [-0.1, -0.05) is 12.1 Å². The highest BCUT2D eigenvalue weighted by molar-refractivity contribution is 5.91. The van der Waals surface area contributed by atoms with Crippen molar-refractivity contribution < 1.29 is 9.38 Å². The summed E-state index contributed by atoms with van der Waals surface area (Å²) in [5.41, 5.74) is 0.557. The number of benzene rings is 1. The fourth-order valence-corrected chi connectivity index (χ4v) is 1.76. The molecule has 80 valence electrons. The van der Waals surface area contributed by atoms with Crippen molar-refractivity contribution in [2.75, 3.05) is 11.9 Å². The summed E-state index contributed by atoms with van der Waals surface area (Å²) in [6, 6.07) is 6.77. The van der Waals surface area contributed by atoms with Crippen molar-refractivity contribution in [1.29, 1.82) is 0 Å². The van der Waals surface area contributed by atoms with Crippen molar-refractivity contribution >= 4 is 11.5 Å². The predicted octanol–water partition coefficient (Wildman–Crippen LogP) is 1.29. The van der Waals surface area contributed by atoms with E-state index in [1.165, 1.54) is 25.3 Å². The molecule has 0 saturated heterocycles. The second-order valence-electron chi connectivity index (χ2n) is 3.82. The molecular formula is C12H16FN2+. The second-order valence-corrected chi connectivity index (χ2v) is 3.82. The van der Waals surface area contributed by atoms with Crippen molar-refractivity contribution in [2.24, 2.45) is 0 Å². The van der Waals surface area contributed by atoms with Gasteiger partial charge in [0.1, 0.15) is 0 Å². The van der Waals surface area contributed by atoms with Crippen LogP contribution in [0.4, 0.5) is 10.1 Å². The molecule has 0 aromatic heterocycles. The van der Waals surface area contributed by atoms with Gasteiger partial charge in [0.2, 0.25) is 5.84 Å². The number of amidine groups is 1. The van der Waals surface area contributed by atoms with Gasteiger partial charge in [-0.2, -0.15) is 0 Å². The fourth-order valence-electron chi connectivity index (χ4n) is 1.76. The van der Waals surface area contributed by atoms with Crippen LogP contribution >= 0.6 is 0 Å². The molecular weight excluding hydrogens is 191 g/mol. The minimum absolute atomic E-state index is 0.198. The van der Waals surface area contributed by atoms with E-state index in [0.29, 0.717) is 5.69 Å². The molecule has 3 heteroatoms. The minimum atomic E-state index is -0.198. The summed E-state index contributed by atoms with van der Waals surface area (Å²) < 4.78 is 13.3. The molecule has 0 unspecified atom stereocenters. The lowest BCUT2D eigenvalue weighted by Gasteiger charge is -2.01. The normalized spacial score (nSPS) is 16.7. The molecule has 1 aromatic rings. The van der Waals surface area contributed by atoms with Crippen LogP contribution < -0.4 is 10.3 Å². The SMILES string of the molecule is Fc1ccccc1NC1=[NH+]CCCCC1. The van der Waals surface area contributed by atoms with Gasteiger partial charge in [-0.25, -0.2) is 9.71 Å². The van der Waals surface area contributed by atoms with E-state index in [-0.39, 0.29) is 5.82 Å². The lowest BCUT2D eigenvalue weighted by Crippen LogP contribution is -2.74. The van der Waals surface area contributed by atoms with E-state index in [1.54, 1.807) is 12.1 Å². The summed E-state index contributed by atoms with van der Waals surface area (Å²) in [5.74, 6) is 0.841. The van der Waals surface area contributed by atoms with Crippen molar-refractivity contribution in [2.45, 2.75) is 25.7 Å². The molecule has 1 heterocycles. The lowest BCUT2D eigenvalue weighted by atomic mass is 10.2. The number of para-hydroxylation sites is 1. The maximum Gasteiger partial charge on any atom is 0.247 e. The van der Waals surface area contributed by atoms with Gasteiger partial charge >= 0.3 is 0 Å². The van der Waals surface area contributed by atoms with Gasteiger partial charge < -0.3 is 0 Å². The number of anilines is 1. The third-order valence-corrected chi connectivity index (χ3v) is 2.60. The van der Waals surface area contributed by atoms with Crippen LogP contribution in [0.15, 0.2) is 24.3 Å². The van der Waals surface area contributed by atoms with Crippen molar-refractivity contribution in [3.63, 3.8) is 0 Å². The van der Waals surface area contributed by atoms with Crippen molar-refractivity contribution in [3.8, 4) is 0 Å². The highest BCUT2D eigenvalue weighted by Crippen LogP contribution is 2.13. The quantitative estimate of drug-likeness (QED) is 0.713. The topological polar surface area (TPSA) is 26.0 Å². The zero-order valence-corrected chi connectivity index (χ0v) is 8.72. The molecule has 0 spiro atoms. The Morgan fingerprint density at radius 2 is 2.00 bits per heavy atom. The summed E-state index contributed by atoms with van der Waals surface area (Å²) in [7, 11) is 0. The van der Waals surface area contributed by atoms with Crippen LogP contribution in [0.3, 0.4) is 0 Å². The first kappa shape index (κ1) is 10.1. The molecule has 2 nitrogen and oxygen atoms in total. The molecule has 0 aliphatic carbocycles. The average molecular weight is 207 g/mol.